The number of fused-ring (bicyclic) bond motifs is 3. The molecule has 0 radical (unpaired) electrons. The molecule has 7 N–H and O–H groups in total. The molecule has 0 saturated heterocycles. The van der Waals surface area contributed by atoms with Crippen LogP contribution in [0.1, 0.15) is 36.7 Å². The lowest BCUT2D eigenvalue weighted by Gasteiger charge is -2.12. The molecule has 3 amide bonds. The van der Waals surface area contributed by atoms with Crippen LogP contribution < -0.4 is 27.4 Å². The Hall–Kier alpha value is -4.75. The van der Waals surface area contributed by atoms with Crippen molar-refractivity contribution < 1.29 is 42.8 Å². The molecule has 4 rings (SSSR count). The van der Waals surface area contributed by atoms with E-state index in [4.69, 9.17) is 44.9 Å². The van der Waals surface area contributed by atoms with Gasteiger partial charge < -0.3 is 60.4 Å². The van der Waals surface area contributed by atoms with Crippen molar-refractivity contribution in [2.75, 3.05) is 98.0 Å². The van der Waals surface area contributed by atoms with E-state index in [1.807, 2.05) is 55.5 Å². The summed E-state index contributed by atoms with van der Waals surface area (Å²) in [6.07, 6.45) is 0.144. The zero-order chi connectivity index (χ0) is 39.8. The molecule has 0 spiro atoms. The Labute approximate surface area is 327 Å². The molecule has 0 bridgehead atoms. The van der Waals surface area contributed by atoms with Gasteiger partial charge in [0.25, 0.3) is 0 Å². The molecule has 0 aliphatic rings. The highest BCUT2D eigenvalue weighted by Gasteiger charge is 2.18. The first-order chi connectivity index (χ1) is 27.4. The smallest absolute Gasteiger partial charge is 0.246 e. The second-order valence-electron chi connectivity index (χ2n) is 12.5. The molecule has 4 aromatic rings. The van der Waals surface area contributed by atoms with Gasteiger partial charge in [-0.3, -0.25) is 14.4 Å². The molecule has 0 unspecified atom stereocenters. The average molecular weight is 781 g/mol. The van der Waals surface area contributed by atoms with E-state index in [1.165, 1.54) is 0 Å². The predicted octanol–water partition coefficient (Wildman–Crippen LogP) is 1.42. The van der Waals surface area contributed by atoms with Gasteiger partial charge >= 0.3 is 0 Å². The number of ether oxygens (including phenoxy) is 6. The SMILES string of the molecule is CCOCc1nc2c(N)nc3ccccc3c2n1Cc1ccc(CNC(=O)CCC(=O)NCCOCCOCCNC(=O)COCCOCCOCCN)cc1. The van der Waals surface area contributed by atoms with Gasteiger partial charge in [-0.1, -0.05) is 42.5 Å². The van der Waals surface area contributed by atoms with Crippen molar-refractivity contribution >= 4 is 45.5 Å². The molecule has 2 heterocycles. The summed E-state index contributed by atoms with van der Waals surface area (Å²) in [6.45, 7) is 8.27. The minimum absolute atomic E-state index is 0.0563. The van der Waals surface area contributed by atoms with Crippen molar-refractivity contribution in [2.24, 2.45) is 5.73 Å². The number of hydrogen-bond donors (Lipinski definition) is 5. The quantitative estimate of drug-likeness (QED) is 0.0493. The van der Waals surface area contributed by atoms with Crippen molar-refractivity contribution in [3.05, 3.63) is 65.5 Å². The van der Waals surface area contributed by atoms with Gasteiger partial charge in [0.2, 0.25) is 17.7 Å². The molecular weight excluding hydrogens is 724 g/mol. The highest BCUT2D eigenvalue weighted by atomic mass is 16.5. The Bertz CT molecular complexity index is 1790. The van der Waals surface area contributed by atoms with Gasteiger partial charge in [-0.25, -0.2) is 9.97 Å². The molecule has 2 aromatic carbocycles. The lowest BCUT2D eigenvalue weighted by molar-refractivity contribution is -0.126. The first-order valence-electron chi connectivity index (χ1n) is 19.0. The number of pyridine rings is 1. The lowest BCUT2D eigenvalue weighted by atomic mass is 10.1. The van der Waals surface area contributed by atoms with Gasteiger partial charge in [-0.05, 0) is 24.1 Å². The topological polar surface area (TPSA) is 225 Å². The van der Waals surface area contributed by atoms with Crippen LogP contribution in [0, 0.1) is 0 Å². The fourth-order valence-corrected chi connectivity index (χ4v) is 5.51. The van der Waals surface area contributed by atoms with Crippen molar-refractivity contribution in [1.29, 1.82) is 0 Å². The Morgan fingerprint density at radius 1 is 0.679 bits per heavy atom. The van der Waals surface area contributed by atoms with Gasteiger partial charge in [0, 0.05) is 57.6 Å². The van der Waals surface area contributed by atoms with E-state index in [2.05, 4.69) is 25.5 Å². The monoisotopic (exact) mass is 780 g/mol. The van der Waals surface area contributed by atoms with Crippen LogP contribution in [0.3, 0.4) is 0 Å². The molecule has 0 aliphatic carbocycles. The third-order valence-electron chi connectivity index (χ3n) is 8.31. The van der Waals surface area contributed by atoms with E-state index in [-0.39, 0.29) is 37.2 Å². The summed E-state index contributed by atoms with van der Waals surface area (Å²) < 4.78 is 34.5. The maximum atomic E-state index is 12.5. The van der Waals surface area contributed by atoms with Crippen LogP contribution in [0.5, 0.6) is 0 Å². The Morgan fingerprint density at radius 3 is 1.95 bits per heavy atom. The van der Waals surface area contributed by atoms with E-state index in [1.54, 1.807) is 0 Å². The van der Waals surface area contributed by atoms with E-state index in [0.29, 0.717) is 117 Å². The summed E-state index contributed by atoms with van der Waals surface area (Å²) in [5.74, 6) is 0.467. The number of carbonyl (C=O) groups is 3. The number of imidazole rings is 1. The van der Waals surface area contributed by atoms with Crippen LogP contribution >= 0.6 is 0 Å². The van der Waals surface area contributed by atoms with Crippen LogP contribution in [-0.4, -0.2) is 125 Å². The number of rotatable bonds is 29. The second kappa shape index (κ2) is 25.4. The van der Waals surface area contributed by atoms with Crippen molar-refractivity contribution in [1.82, 2.24) is 30.5 Å². The minimum atomic E-state index is -0.238. The molecule has 17 heteroatoms. The molecule has 0 fully saturated rings. The minimum Gasteiger partial charge on any atom is -0.382 e. The first-order valence-corrected chi connectivity index (χ1v) is 19.0. The maximum Gasteiger partial charge on any atom is 0.246 e. The molecule has 2 aromatic heterocycles. The van der Waals surface area contributed by atoms with Crippen LogP contribution in [-0.2, 0) is 62.5 Å². The Kier molecular flexibility index (Phi) is 20.0. The molecule has 56 heavy (non-hydrogen) atoms. The number of anilines is 1. The largest absolute Gasteiger partial charge is 0.382 e. The van der Waals surface area contributed by atoms with Gasteiger partial charge in [0.15, 0.2) is 5.82 Å². The molecular formula is C39H56N8O9. The molecule has 17 nitrogen and oxygen atoms in total. The fourth-order valence-electron chi connectivity index (χ4n) is 5.51. The number of nitrogens with two attached hydrogens (primary N) is 2. The van der Waals surface area contributed by atoms with Crippen molar-refractivity contribution in [3.8, 4) is 0 Å². The molecule has 306 valence electrons. The van der Waals surface area contributed by atoms with Gasteiger partial charge in [0.05, 0.1) is 70.5 Å². The highest BCUT2D eigenvalue weighted by molar-refractivity contribution is 6.06. The number of para-hydroxylation sites is 1. The number of amides is 3. The lowest BCUT2D eigenvalue weighted by Crippen LogP contribution is -2.31. The number of nitrogens with zero attached hydrogens (tertiary/aromatic N) is 3. The van der Waals surface area contributed by atoms with Crippen molar-refractivity contribution in [3.63, 3.8) is 0 Å². The van der Waals surface area contributed by atoms with E-state index in [9.17, 15) is 14.4 Å². The Balaban J connectivity index is 1.03. The molecule has 0 aliphatic heterocycles. The van der Waals surface area contributed by atoms with E-state index >= 15 is 0 Å². The van der Waals surface area contributed by atoms with Gasteiger partial charge in [-0.2, -0.15) is 0 Å². The van der Waals surface area contributed by atoms with Crippen molar-refractivity contribution in [2.45, 2.75) is 39.5 Å². The number of benzene rings is 2. The maximum absolute atomic E-state index is 12.5. The summed E-state index contributed by atoms with van der Waals surface area (Å²) in [5.41, 5.74) is 16.0. The summed E-state index contributed by atoms with van der Waals surface area (Å²) in [5, 5.41) is 9.31. The number of nitrogen functional groups attached to an aromatic ring is 1. The average Bonchev–Trinajstić information content (AvgIpc) is 3.57. The standard InChI is InChI=1S/C39H56N8O9/c1-2-51-27-33-46-37-38(31-5-3-4-6-32(31)45-39(37)41)47(33)26-30-9-7-29(8-10-30)25-44-35(49)12-11-34(48)42-14-17-53-20-21-54-18-15-43-36(50)28-56-24-23-55-22-19-52-16-13-40/h3-10H,2,11-28,40H2,1H3,(H2,41,45)(H,42,48)(H,43,50)(H,44,49). The first kappa shape index (κ1) is 44.0. The zero-order valence-corrected chi connectivity index (χ0v) is 32.2. The number of aromatic nitrogens is 3. The number of hydrogen-bond acceptors (Lipinski definition) is 13. The van der Waals surface area contributed by atoms with E-state index < -0.39 is 0 Å². The van der Waals surface area contributed by atoms with Crippen LogP contribution in [0.15, 0.2) is 48.5 Å². The molecule has 0 saturated carbocycles. The van der Waals surface area contributed by atoms with Gasteiger partial charge in [-0.15, -0.1) is 0 Å². The van der Waals surface area contributed by atoms with Crippen LogP contribution in [0.4, 0.5) is 5.82 Å². The summed E-state index contributed by atoms with van der Waals surface area (Å²) in [7, 11) is 0. The highest BCUT2D eigenvalue weighted by Crippen LogP contribution is 2.29. The summed E-state index contributed by atoms with van der Waals surface area (Å²) in [6, 6.07) is 15.9. The van der Waals surface area contributed by atoms with Crippen LogP contribution in [0.2, 0.25) is 0 Å². The molecule has 0 atom stereocenters. The summed E-state index contributed by atoms with van der Waals surface area (Å²) >= 11 is 0. The zero-order valence-electron chi connectivity index (χ0n) is 32.2. The third kappa shape index (κ3) is 15.4. The normalized spacial score (nSPS) is 11.3. The van der Waals surface area contributed by atoms with E-state index in [0.717, 1.165) is 33.4 Å². The fraction of sp³-hybridized carbons (Fsp3) is 0.513. The predicted molar refractivity (Wildman–Crippen MR) is 211 cm³/mol. The van der Waals surface area contributed by atoms with Crippen LogP contribution in [0.25, 0.3) is 21.9 Å². The second-order valence-corrected chi connectivity index (χ2v) is 12.5. The number of carbonyl (C=O) groups excluding carboxylic acids is 3. The summed E-state index contributed by atoms with van der Waals surface area (Å²) in [4.78, 5) is 45.8. The Morgan fingerprint density at radius 2 is 1.27 bits per heavy atom. The third-order valence-corrected chi connectivity index (χ3v) is 8.31. The number of nitrogens with one attached hydrogen (secondary N) is 3. The van der Waals surface area contributed by atoms with Gasteiger partial charge in [0.1, 0.15) is 24.6 Å².